The molecule has 2 N–H and O–H groups in total. The van der Waals surface area contributed by atoms with Gasteiger partial charge in [0, 0.05) is 29.2 Å². The van der Waals surface area contributed by atoms with Crippen molar-refractivity contribution in [3.63, 3.8) is 0 Å². The van der Waals surface area contributed by atoms with Gasteiger partial charge in [-0.1, -0.05) is 17.8 Å². The van der Waals surface area contributed by atoms with Gasteiger partial charge in [0.1, 0.15) is 5.03 Å². The summed E-state index contributed by atoms with van der Waals surface area (Å²) in [5, 5.41) is 0.950. The summed E-state index contributed by atoms with van der Waals surface area (Å²) in [7, 11) is 0. The average Bonchev–Trinajstić information content (AvgIpc) is 2.97. The van der Waals surface area contributed by atoms with E-state index >= 15 is 0 Å². The number of carbonyl (C=O) groups excluding carboxylic acids is 1. The van der Waals surface area contributed by atoms with Crippen molar-refractivity contribution in [2.24, 2.45) is 11.7 Å². The quantitative estimate of drug-likeness (QED) is 0.938. The minimum atomic E-state index is 0.0998. The van der Waals surface area contributed by atoms with Gasteiger partial charge in [-0.25, -0.2) is 4.98 Å². The van der Waals surface area contributed by atoms with Crippen molar-refractivity contribution in [3.05, 3.63) is 54.2 Å². The fourth-order valence-corrected chi connectivity index (χ4v) is 3.73. The first-order chi connectivity index (χ1) is 11.2. The van der Waals surface area contributed by atoms with Gasteiger partial charge in [0.25, 0.3) is 5.91 Å². The largest absolute Gasteiger partial charge is 0.336 e. The second-order valence-electron chi connectivity index (χ2n) is 5.94. The zero-order valence-corrected chi connectivity index (χ0v) is 14.0. The second-order valence-corrected chi connectivity index (χ2v) is 7.03. The SMILES string of the molecule is CC1CC(CN)CN1C(=O)c1ccc(Sc2ccccn2)cc1. The first kappa shape index (κ1) is 16.0. The monoisotopic (exact) mass is 327 g/mol. The van der Waals surface area contributed by atoms with E-state index in [4.69, 9.17) is 5.73 Å². The number of aromatic nitrogens is 1. The predicted octanol–water partition coefficient (Wildman–Crippen LogP) is 3.04. The molecule has 2 atom stereocenters. The van der Waals surface area contributed by atoms with E-state index in [-0.39, 0.29) is 11.9 Å². The molecule has 4 nitrogen and oxygen atoms in total. The number of rotatable bonds is 4. The third-order valence-electron chi connectivity index (χ3n) is 4.22. The van der Waals surface area contributed by atoms with Gasteiger partial charge in [0.05, 0.1) is 0 Å². The van der Waals surface area contributed by atoms with Crippen LogP contribution in [0.25, 0.3) is 0 Å². The molecule has 1 aliphatic rings. The van der Waals surface area contributed by atoms with E-state index in [1.165, 1.54) is 0 Å². The standard InChI is InChI=1S/C18H21N3OS/c1-13-10-14(11-19)12-21(13)18(22)15-5-7-16(8-6-15)23-17-4-2-3-9-20-17/h2-9,13-14H,10-12,19H2,1H3. The number of carbonyl (C=O) groups is 1. The van der Waals surface area contributed by atoms with Gasteiger partial charge in [0.2, 0.25) is 0 Å². The Labute approximate surface area is 141 Å². The first-order valence-corrected chi connectivity index (χ1v) is 8.69. The number of benzene rings is 1. The van der Waals surface area contributed by atoms with Crippen LogP contribution in [0.15, 0.2) is 58.6 Å². The maximum atomic E-state index is 12.7. The zero-order valence-electron chi connectivity index (χ0n) is 13.2. The Kier molecular flexibility index (Phi) is 4.98. The van der Waals surface area contributed by atoms with Crippen molar-refractivity contribution in [2.75, 3.05) is 13.1 Å². The molecule has 1 aromatic heterocycles. The maximum absolute atomic E-state index is 12.7. The lowest BCUT2D eigenvalue weighted by atomic mass is 10.1. The Morgan fingerprint density at radius 2 is 2.09 bits per heavy atom. The smallest absolute Gasteiger partial charge is 0.254 e. The molecule has 2 unspecified atom stereocenters. The molecule has 0 spiro atoms. The predicted molar refractivity (Wildman–Crippen MR) is 92.5 cm³/mol. The Morgan fingerprint density at radius 3 is 2.70 bits per heavy atom. The molecule has 1 aromatic carbocycles. The van der Waals surface area contributed by atoms with E-state index in [9.17, 15) is 4.79 Å². The number of nitrogens with two attached hydrogens (primary N) is 1. The normalized spacial score (nSPS) is 20.7. The fourth-order valence-electron chi connectivity index (χ4n) is 2.96. The minimum Gasteiger partial charge on any atom is -0.336 e. The van der Waals surface area contributed by atoms with E-state index in [2.05, 4.69) is 11.9 Å². The summed E-state index contributed by atoms with van der Waals surface area (Å²) >= 11 is 1.59. The lowest BCUT2D eigenvalue weighted by molar-refractivity contribution is 0.0743. The van der Waals surface area contributed by atoms with Crippen LogP contribution in [0.1, 0.15) is 23.7 Å². The topological polar surface area (TPSA) is 59.2 Å². The highest BCUT2D eigenvalue weighted by Gasteiger charge is 2.31. The van der Waals surface area contributed by atoms with Crippen LogP contribution in [-0.2, 0) is 0 Å². The Morgan fingerprint density at radius 1 is 1.30 bits per heavy atom. The molecule has 1 saturated heterocycles. The third kappa shape index (κ3) is 3.74. The van der Waals surface area contributed by atoms with Gasteiger partial charge in [-0.2, -0.15) is 0 Å². The van der Waals surface area contributed by atoms with Crippen molar-refractivity contribution in [1.82, 2.24) is 9.88 Å². The Hall–Kier alpha value is -1.85. The van der Waals surface area contributed by atoms with Gasteiger partial charge in [0.15, 0.2) is 0 Å². The van der Waals surface area contributed by atoms with Crippen LogP contribution in [0, 0.1) is 5.92 Å². The maximum Gasteiger partial charge on any atom is 0.254 e. The molecule has 2 aromatic rings. The summed E-state index contributed by atoms with van der Waals surface area (Å²) in [5.74, 6) is 0.524. The van der Waals surface area contributed by atoms with Crippen molar-refractivity contribution in [2.45, 2.75) is 29.3 Å². The van der Waals surface area contributed by atoms with Crippen LogP contribution < -0.4 is 5.73 Å². The van der Waals surface area contributed by atoms with E-state index in [1.54, 1.807) is 18.0 Å². The molecule has 0 radical (unpaired) electrons. The number of nitrogens with zero attached hydrogens (tertiary/aromatic N) is 2. The number of likely N-dealkylation sites (tertiary alicyclic amines) is 1. The van der Waals surface area contributed by atoms with Crippen LogP contribution in [0.2, 0.25) is 0 Å². The highest BCUT2D eigenvalue weighted by molar-refractivity contribution is 7.99. The van der Waals surface area contributed by atoms with Crippen LogP contribution in [0.5, 0.6) is 0 Å². The molecule has 3 rings (SSSR count). The summed E-state index contributed by atoms with van der Waals surface area (Å²) in [6.07, 6.45) is 2.78. The molecule has 5 heteroatoms. The molecular formula is C18H21N3OS. The summed E-state index contributed by atoms with van der Waals surface area (Å²) in [5.41, 5.74) is 6.48. The van der Waals surface area contributed by atoms with Crippen LogP contribution in [0.3, 0.4) is 0 Å². The Bertz CT molecular complexity index is 660. The highest BCUT2D eigenvalue weighted by Crippen LogP contribution is 2.27. The van der Waals surface area contributed by atoms with Gasteiger partial charge in [-0.05, 0) is 62.2 Å². The van der Waals surface area contributed by atoms with Crippen molar-refractivity contribution in [3.8, 4) is 0 Å². The van der Waals surface area contributed by atoms with Crippen LogP contribution in [-0.4, -0.2) is 34.9 Å². The molecule has 23 heavy (non-hydrogen) atoms. The summed E-state index contributed by atoms with van der Waals surface area (Å²) < 4.78 is 0. The molecule has 0 saturated carbocycles. The zero-order chi connectivity index (χ0) is 16.2. The van der Waals surface area contributed by atoms with Crippen molar-refractivity contribution >= 4 is 17.7 Å². The third-order valence-corrected chi connectivity index (χ3v) is 5.18. The van der Waals surface area contributed by atoms with Gasteiger partial charge in [-0.15, -0.1) is 0 Å². The number of hydrogen-bond acceptors (Lipinski definition) is 4. The lowest BCUT2D eigenvalue weighted by Gasteiger charge is -2.21. The highest BCUT2D eigenvalue weighted by atomic mass is 32.2. The molecule has 0 aliphatic carbocycles. The van der Waals surface area contributed by atoms with Gasteiger partial charge >= 0.3 is 0 Å². The number of hydrogen-bond donors (Lipinski definition) is 1. The summed E-state index contributed by atoms with van der Waals surface area (Å²) in [4.78, 5) is 20.0. The van der Waals surface area contributed by atoms with E-state index in [1.807, 2.05) is 47.4 Å². The molecule has 1 fully saturated rings. The molecular weight excluding hydrogens is 306 g/mol. The van der Waals surface area contributed by atoms with Crippen molar-refractivity contribution in [1.29, 1.82) is 0 Å². The first-order valence-electron chi connectivity index (χ1n) is 7.87. The minimum absolute atomic E-state index is 0.0998. The average molecular weight is 327 g/mol. The Balaban J connectivity index is 1.68. The number of pyridine rings is 1. The number of amides is 1. The molecule has 1 aliphatic heterocycles. The van der Waals surface area contributed by atoms with Crippen LogP contribution >= 0.6 is 11.8 Å². The van der Waals surface area contributed by atoms with Gasteiger partial charge < -0.3 is 10.6 Å². The molecule has 2 heterocycles. The molecule has 1 amide bonds. The van der Waals surface area contributed by atoms with Gasteiger partial charge in [-0.3, -0.25) is 4.79 Å². The van der Waals surface area contributed by atoms with E-state index < -0.39 is 0 Å². The van der Waals surface area contributed by atoms with Crippen LogP contribution in [0.4, 0.5) is 0 Å². The second kappa shape index (κ2) is 7.15. The fraction of sp³-hybridized carbons (Fsp3) is 0.333. The van der Waals surface area contributed by atoms with E-state index in [0.717, 1.165) is 28.5 Å². The van der Waals surface area contributed by atoms with Crippen molar-refractivity contribution < 1.29 is 4.79 Å². The summed E-state index contributed by atoms with van der Waals surface area (Å²) in [6, 6.07) is 13.9. The molecule has 0 bridgehead atoms. The summed E-state index contributed by atoms with van der Waals surface area (Å²) in [6.45, 7) is 3.51. The lowest BCUT2D eigenvalue weighted by Crippen LogP contribution is -2.34. The molecule has 120 valence electrons. The van der Waals surface area contributed by atoms with E-state index in [0.29, 0.717) is 12.5 Å².